The van der Waals surface area contributed by atoms with Gasteiger partial charge in [-0.05, 0) is 19.1 Å². The normalized spacial score (nSPS) is 10.8. The first-order chi connectivity index (χ1) is 9.70. The van der Waals surface area contributed by atoms with Crippen LogP contribution in [-0.2, 0) is 4.74 Å². The van der Waals surface area contributed by atoms with E-state index in [0.717, 1.165) is 5.39 Å². The lowest BCUT2D eigenvalue weighted by molar-refractivity contribution is 0.164. The van der Waals surface area contributed by atoms with E-state index in [2.05, 4.69) is 5.43 Å². The number of benzene rings is 1. The molecule has 0 aliphatic rings. The van der Waals surface area contributed by atoms with Gasteiger partial charge in [0.25, 0.3) is 0 Å². The predicted molar refractivity (Wildman–Crippen MR) is 74.4 cm³/mol. The van der Waals surface area contributed by atoms with Crippen molar-refractivity contribution < 1.29 is 13.9 Å². The van der Waals surface area contributed by atoms with Gasteiger partial charge in [-0.25, -0.2) is 15.0 Å². The van der Waals surface area contributed by atoms with E-state index in [9.17, 15) is 9.59 Å². The van der Waals surface area contributed by atoms with E-state index >= 15 is 0 Å². The van der Waals surface area contributed by atoms with Gasteiger partial charge in [0.15, 0.2) is 5.52 Å². The van der Waals surface area contributed by atoms with Crippen LogP contribution in [0.4, 0.5) is 4.79 Å². The molecule has 1 aromatic carbocycles. The lowest BCUT2D eigenvalue weighted by Gasteiger charge is -2.07. The van der Waals surface area contributed by atoms with Crippen LogP contribution in [0.2, 0.25) is 0 Å². The Balaban J connectivity index is 2.19. The lowest BCUT2D eigenvalue weighted by Crippen LogP contribution is -2.24. The van der Waals surface area contributed by atoms with Crippen LogP contribution in [0.15, 0.2) is 45.7 Å². The summed E-state index contributed by atoms with van der Waals surface area (Å²) in [5.41, 5.74) is 2.74. The number of hydrogen-bond acceptors (Lipinski definition) is 4. The second-order valence-electron chi connectivity index (χ2n) is 4.17. The smallest absolute Gasteiger partial charge is 0.426 e. The Hall–Kier alpha value is -2.76. The Morgan fingerprint density at radius 1 is 1.30 bits per heavy atom. The standard InChI is InChI=1S/C14H12N2O4/c1-2-19-14(18)15-16-8-7-10-9-5-3-4-6-11(9)20-13(17)12(10)16/h3-8H,2H2,1H3,(H,15,18). The molecule has 0 fully saturated rings. The maximum absolute atomic E-state index is 12.0. The molecule has 0 saturated heterocycles. The maximum Gasteiger partial charge on any atom is 0.426 e. The highest BCUT2D eigenvalue weighted by Crippen LogP contribution is 2.22. The molecule has 1 amide bonds. The van der Waals surface area contributed by atoms with Gasteiger partial charge in [-0.2, -0.15) is 0 Å². The number of aromatic nitrogens is 1. The third kappa shape index (κ3) is 1.91. The summed E-state index contributed by atoms with van der Waals surface area (Å²) in [7, 11) is 0. The number of nitrogens with one attached hydrogen (secondary N) is 1. The molecular weight excluding hydrogens is 260 g/mol. The topological polar surface area (TPSA) is 73.5 Å². The van der Waals surface area contributed by atoms with Crippen LogP contribution < -0.4 is 11.1 Å². The van der Waals surface area contributed by atoms with Crippen molar-refractivity contribution in [2.75, 3.05) is 12.0 Å². The van der Waals surface area contributed by atoms with Crippen molar-refractivity contribution in [1.29, 1.82) is 0 Å². The van der Waals surface area contributed by atoms with Gasteiger partial charge < -0.3 is 9.15 Å². The van der Waals surface area contributed by atoms with E-state index < -0.39 is 11.7 Å². The number of hydrogen-bond donors (Lipinski definition) is 1. The van der Waals surface area contributed by atoms with E-state index in [1.807, 2.05) is 12.1 Å². The van der Waals surface area contributed by atoms with E-state index in [4.69, 9.17) is 9.15 Å². The van der Waals surface area contributed by atoms with Gasteiger partial charge in [0.2, 0.25) is 0 Å². The third-order valence-electron chi connectivity index (χ3n) is 2.95. The van der Waals surface area contributed by atoms with Gasteiger partial charge in [-0.3, -0.25) is 4.68 Å². The van der Waals surface area contributed by atoms with Crippen molar-refractivity contribution in [1.82, 2.24) is 4.68 Å². The molecule has 2 heterocycles. The van der Waals surface area contributed by atoms with Gasteiger partial charge in [0, 0.05) is 17.0 Å². The van der Waals surface area contributed by atoms with Gasteiger partial charge >= 0.3 is 11.7 Å². The summed E-state index contributed by atoms with van der Waals surface area (Å²) in [5, 5.41) is 1.53. The first-order valence-electron chi connectivity index (χ1n) is 6.17. The van der Waals surface area contributed by atoms with Gasteiger partial charge in [-0.15, -0.1) is 0 Å². The highest BCUT2D eigenvalue weighted by molar-refractivity contribution is 6.03. The van der Waals surface area contributed by atoms with Gasteiger partial charge in [0.05, 0.1) is 6.61 Å². The molecule has 1 N–H and O–H groups in total. The Kier molecular flexibility index (Phi) is 2.90. The molecule has 0 spiro atoms. The van der Waals surface area contributed by atoms with Crippen molar-refractivity contribution in [3.63, 3.8) is 0 Å². The molecule has 6 nitrogen and oxygen atoms in total. The molecule has 0 radical (unpaired) electrons. The first kappa shape index (κ1) is 12.3. The summed E-state index contributed by atoms with van der Waals surface area (Å²) in [5.74, 6) is 0. The van der Waals surface area contributed by atoms with Crippen LogP contribution >= 0.6 is 0 Å². The molecule has 0 aliphatic carbocycles. The second-order valence-corrected chi connectivity index (χ2v) is 4.17. The summed E-state index contributed by atoms with van der Waals surface area (Å²) in [6, 6.07) is 8.99. The number of carbonyl (C=O) groups excluding carboxylic acids is 1. The van der Waals surface area contributed by atoms with Crippen LogP contribution in [0.3, 0.4) is 0 Å². The van der Waals surface area contributed by atoms with Crippen molar-refractivity contribution in [2.24, 2.45) is 0 Å². The fourth-order valence-electron chi connectivity index (χ4n) is 2.14. The van der Waals surface area contributed by atoms with Crippen molar-refractivity contribution >= 4 is 28.0 Å². The zero-order valence-electron chi connectivity index (χ0n) is 10.8. The Morgan fingerprint density at radius 2 is 2.10 bits per heavy atom. The van der Waals surface area contributed by atoms with Gasteiger partial charge in [-0.1, -0.05) is 18.2 Å². The molecule has 0 aliphatic heterocycles. The lowest BCUT2D eigenvalue weighted by atomic mass is 10.2. The minimum atomic E-state index is -0.627. The number of para-hydroxylation sites is 1. The molecule has 2 aromatic heterocycles. The zero-order valence-corrected chi connectivity index (χ0v) is 10.8. The van der Waals surface area contributed by atoms with Crippen LogP contribution in [0.1, 0.15) is 6.92 Å². The SMILES string of the molecule is CCOC(=O)Nn1ccc2c3ccccc3oc(=O)c21. The largest absolute Gasteiger partial charge is 0.449 e. The van der Waals surface area contributed by atoms with Crippen LogP contribution in [0.25, 0.3) is 21.9 Å². The fraction of sp³-hybridized carbons (Fsp3) is 0.143. The molecule has 0 atom stereocenters. The number of amides is 1. The molecule has 3 aromatic rings. The van der Waals surface area contributed by atoms with E-state index in [-0.39, 0.29) is 12.1 Å². The number of ether oxygens (including phenoxy) is 1. The Bertz CT molecular complexity index is 847. The van der Waals surface area contributed by atoms with Crippen LogP contribution in [0, 0.1) is 0 Å². The summed E-state index contributed by atoms with van der Waals surface area (Å²) in [6.45, 7) is 1.96. The summed E-state index contributed by atoms with van der Waals surface area (Å²) in [4.78, 5) is 23.5. The highest BCUT2D eigenvalue weighted by Gasteiger charge is 2.13. The first-order valence-corrected chi connectivity index (χ1v) is 6.17. The molecule has 0 saturated carbocycles. The molecular formula is C14H12N2O4. The number of fused-ring (bicyclic) bond motifs is 3. The van der Waals surface area contributed by atoms with E-state index in [1.54, 1.807) is 31.3 Å². The Morgan fingerprint density at radius 3 is 2.90 bits per heavy atom. The number of rotatable bonds is 2. The summed E-state index contributed by atoms with van der Waals surface area (Å²) in [6.07, 6.45) is 0.961. The van der Waals surface area contributed by atoms with Crippen molar-refractivity contribution in [3.8, 4) is 0 Å². The molecule has 6 heteroatoms. The average molecular weight is 272 g/mol. The zero-order chi connectivity index (χ0) is 14.1. The second kappa shape index (κ2) is 4.73. The average Bonchev–Trinajstić information content (AvgIpc) is 2.84. The van der Waals surface area contributed by atoms with E-state index in [1.165, 1.54) is 4.68 Å². The summed E-state index contributed by atoms with van der Waals surface area (Å²) < 4.78 is 11.3. The number of carbonyl (C=O) groups is 1. The highest BCUT2D eigenvalue weighted by atomic mass is 16.6. The van der Waals surface area contributed by atoms with Crippen LogP contribution in [0.5, 0.6) is 0 Å². The van der Waals surface area contributed by atoms with Crippen molar-refractivity contribution in [2.45, 2.75) is 6.92 Å². The maximum atomic E-state index is 12.0. The number of nitrogens with zero attached hydrogens (tertiary/aromatic N) is 1. The molecule has 102 valence electrons. The predicted octanol–water partition coefficient (Wildman–Crippen LogP) is 2.45. The van der Waals surface area contributed by atoms with Crippen LogP contribution in [-0.4, -0.2) is 17.4 Å². The minimum absolute atomic E-state index is 0.253. The quantitative estimate of drug-likeness (QED) is 0.727. The molecule has 20 heavy (non-hydrogen) atoms. The Labute approximate surface area is 113 Å². The fourth-order valence-corrected chi connectivity index (χ4v) is 2.14. The van der Waals surface area contributed by atoms with Gasteiger partial charge in [0.1, 0.15) is 5.58 Å². The van der Waals surface area contributed by atoms with E-state index in [0.29, 0.717) is 11.0 Å². The summed E-state index contributed by atoms with van der Waals surface area (Å²) >= 11 is 0. The monoisotopic (exact) mass is 272 g/mol. The molecule has 3 rings (SSSR count). The third-order valence-corrected chi connectivity index (χ3v) is 2.95. The van der Waals surface area contributed by atoms with Crippen molar-refractivity contribution in [3.05, 3.63) is 46.9 Å². The molecule has 0 bridgehead atoms. The minimum Gasteiger partial charge on any atom is -0.449 e. The molecule has 0 unspecified atom stereocenters.